The van der Waals surface area contributed by atoms with Gasteiger partial charge in [-0.2, -0.15) is 0 Å². The fourth-order valence-corrected chi connectivity index (χ4v) is 5.38. The standard InChI is InChI=1S/C27H34ClFN2O2/c1-19-16-31(20(2)15-30(19)17-21-8-11-24(29)12-9-21)27(32)18-33-26-13-10-23(28)14-25(26)22-6-4-3-5-7-22/h8-14,19-20,22H,3-7,15-18H2,1-2H3/t19-,20+/m1/s1. The van der Waals surface area contributed by atoms with E-state index < -0.39 is 0 Å². The number of hydrogen-bond donors (Lipinski definition) is 0. The highest BCUT2D eigenvalue weighted by Gasteiger charge is 2.32. The summed E-state index contributed by atoms with van der Waals surface area (Å²) < 4.78 is 19.3. The molecule has 2 fully saturated rings. The van der Waals surface area contributed by atoms with Crippen LogP contribution in [0.15, 0.2) is 42.5 Å². The molecule has 178 valence electrons. The number of piperazine rings is 1. The molecule has 1 aliphatic heterocycles. The highest BCUT2D eigenvalue weighted by Crippen LogP contribution is 2.38. The van der Waals surface area contributed by atoms with Crippen LogP contribution in [0.5, 0.6) is 5.75 Å². The quantitative estimate of drug-likeness (QED) is 0.514. The molecule has 2 aromatic carbocycles. The molecular formula is C27H34ClFN2O2. The Bertz CT molecular complexity index is 946. The molecule has 1 aliphatic carbocycles. The van der Waals surface area contributed by atoms with E-state index in [-0.39, 0.29) is 30.4 Å². The van der Waals surface area contributed by atoms with E-state index in [2.05, 4.69) is 18.7 Å². The molecule has 2 aromatic rings. The van der Waals surface area contributed by atoms with Gasteiger partial charge in [0.2, 0.25) is 0 Å². The van der Waals surface area contributed by atoms with Gasteiger partial charge in [-0.1, -0.05) is 43.0 Å². The van der Waals surface area contributed by atoms with Gasteiger partial charge in [0.15, 0.2) is 6.61 Å². The number of carbonyl (C=O) groups excluding carboxylic acids is 1. The third-order valence-electron chi connectivity index (χ3n) is 7.10. The number of benzene rings is 2. The maximum absolute atomic E-state index is 13.2. The van der Waals surface area contributed by atoms with Crippen LogP contribution < -0.4 is 4.74 Å². The molecular weight excluding hydrogens is 439 g/mol. The van der Waals surface area contributed by atoms with E-state index in [4.69, 9.17) is 16.3 Å². The smallest absolute Gasteiger partial charge is 0.260 e. The van der Waals surface area contributed by atoms with E-state index in [1.54, 1.807) is 0 Å². The van der Waals surface area contributed by atoms with Crippen LogP contribution in [0.2, 0.25) is 5.02 Å². The Labute approximate surface area is 201 Å². The average Bonchev–Trinajstić information content (AvgIpc) is 2.82. The Hall–Kier alpha value is -2.11. The van der Waals surface area contributed by atoms with Crippen molar-refractivity contribution in [3.05, 3.63) is 64.4 Å². The van der Waals surface area contributed by atoms with Gasteiger partial charge in [0.1, 0.15) is 11.6 Å². The van der Waals surface area contributed by atoms with Crippen LogP contribution in [0.4, 0.5) is 4.39 Å². The number of carbonyl (C=O) groups is 1. The Kier molecular flexibility index (Phi) is 7.92. The van der Waals surface area contributed by atoms with E-state index >= 15 is 0 Å². The van der Waals surface area contributed by atoms with Crippen molar-refractivity contribution in [3.63, 3.8) is 0 Å². The summed E-state index contributed by atoms with van der Waals surface area (Å²) in [5.74, 6) is 1.04. The molecule has 4 rings (SSSR count). The Morgan fingerprint density at radius 2 is 1.76 bits per heavy atom. The third-order valence-corrected chi connectivity index (χ3v) is 7.34. The van der Waals surface area contributed by atoms with Gasteiger partial charge >= 0.3 is 0 Å². The van der Waals surface area contributed by atoms with Crippen molar-refractivity contribution in [2.75, 3.05) is 19.7 Å². The maximum Gasteiger partial charge on any atom is 0.260 e. The van der Waals surface area contributed by atoms with Crippen molar-refractivity contribution < 1.29 is 13.9 Å². The fourth-order valence-electron chi connectivity index (χ4n) is 5.20. The Morgan fingerprint density at radius 1 is 1.03 bits per heavy atom. The summed E-state index contributed by atoms with van der Waals surface area (Å²) in [4.78, 5) is 17.4. The van der Waals surface area contributed by atoms with Gasteiger partial charge in [0.25, 0.3) is 5.91 Å². The van der Waals surface area contributed by atoms with Crippen molar-refractivity contribution in [1.82, 2.24) is 9.80 Å². The lowest BCUT2D eigenvalue weighted by Crippen LogP contribution is -2.58. The van der Waals surface area contributed by atoms with E-state index in [9.17, 15) is 9.18 Å². The molecule has 0 aromatic heterocycles. The molecule has 1 saturated heterocycles. The highest BCUT2D eigenvalue weighted by molar-refractivity contribution is 6.30. The second kappa shape index (κ2) is 10.9. The number of hydrogen-bond acceptors (Lipinski definition) is 3. The molecule has 4 nitrogen and oxygen atoms in total. The SMILES string of the molecule is C[C@@H]1CN(C(=O)COc2ccc(Cl)cc2C2CCCCC2)[C@@H](C)CN1Cc1ccc(F)cc1. The second-order valence-electron chi connectivity index (χ2n) is 9.61. The summed E-state index contributed by atoms with van der Waals surface area (Å²) in [5, 5.41) is 0.717. The highest BCUT2D eigenvalue weighted by atomic mass is 35.5. The number of halogens is 2. The number of ether oxygens (including phenoxy) is 1. The molecule has 2 atom stereocenters. The zero-order valence-electron chi connectivity index (χ0n) is 19.6. The van der Waals surface area contributed by atoms with E-state index in [1.807, 2.05) is 35.2 Å². The summed E-state index contributed by atoms with van der Waals surface area (Å²) in [6, 6.07) is 12.7. The zero-order valence-corrected chi connectivity index (χ0v) is 20.4. The van der Waals surface area contributed by atoms with Crippen LogP contribution in [0.3, 0.4) is 0 Å². The van der Waals surface area contributed by atoms with Crippen molar-refractivity contribution in [3.8, 4) is 5.75 Å². The molecule has 0 radical (unpaired) electrons. The molecule has 0 bridgehead atoms. The Balaban J connectivity index is 1.36. The monoisotopic (exact) mass is 472 g/mol. The molecule has 1 saturated carbocycles. The normalized spacial score (nSPS) is 22.4. The van der Waals surface area contributed by atoms with E-state index in [1.165, 1.54) is 31.4 Å². The van der Waals surface area contributed by atoms with Gasteiger partial charge in [-0.05, 0) is 74.1 Å². The minimum Gasteiger partial charge on any atom is -0.483 e. The van der Waals surface area contributed by atoms with Crippen LogP contribution >= 0.6 is 11.6 Å². The first kappa shape index (κ1) is 24.0. The second-order valence-corrected chi connectivity index (χ2v) is 10.0. The van der Waals surface area contributed by atoms with Gasteiger partial charge < -0.3 is 9.64 Å². The topological polar surface area (TPSA) is 32.8 Å². The zero-order chi connectivity index (χ0) is 23.4. The summed E-state index contributed by atoms with van der Waals surface area (Å²) in [6.07, 6.45) is 6.04. The fraction of sp³-hybridized carbons (Fsp3) is 0.519. The lowest BCUT2D eigenvalue weighted by Gasteiger charge is -2.44. The molecule has 6 heteroatoms. The summed E-state index contributed by atoms with van der Waals surface area (Å²) in [6.45, 7) is 6.43. The van der Waals surface area contributed by atoms with Gasteiger partial charge in [-0.25, -0.2) is 4.39 Å². The van der Waals surface area contributed by atoms with Crippen LogP contribution in [0, 0.1) is 5.82 Å². The first-order valence-electron chi connectivity index (χ1n) is 12.1. The van der Waals surface area contributed by atoms with Crippen molar-refractivity contribution in [1.29, 1.82) is 0 Å². The van der Waals surface area contributed by atoms with Crippen molar-refractivity contribution in [2.45, 2.75) is 70.5 Å². The van der Waals surface area contributed by atoms with Crippen molar-refractivity contribution in [2.24, 2.45) is 0 Å². The molecule has 2 aliphatic rings. The van der Waals surface area contributed by atoms with E-state index in [0.29, 0.717) is 17.5 Å². The van der Waals surface area contributed by atoms with Gasteiger partial charge in [0, 0.05) is 36.7 Å². The summed E-state index contributed by atoms with van der Waals surface area (Å²) in [7, 11) is 0. The third kappa shape index (κ3) is 6.07. The molecule has 0 N–H and O–H groups in total. The lowest BCUT2D eigenvalue weighted by atomic mass is 9.84. The molecule has 0 unspecified atom stereocenters. The minimum absolute atomic E-state index is 0.0142. The van der Waals surface area contributed by atoms with Crippen molar-refractivity contribution >= 4 is 17.5 Å². The van der Waals surface area contributed by atoms with Gasteiger partial charge in [-0.3, -0.25) is 9.69 Å². The number of nitrogens with zero attached hydrogens (tertiary/aromatic N) is 2. The van der Waals surface area contributed by atoms with Gasteiger partial charge in [0.05, 0.1) is 0 Å². The predicted octanol–water partition coefficient (Wildman–Crippen LogP) is 6.03. The lowest BCUT2D eigenvalue weighted by molar-refractivity contribution is -0.139. The van der Waals surface area contributed by atoms with Gasteiger partial charge in [-0.15, -0.1) is 0 Å². The predicted molar refractivity (Wildman–Crippen MR) is 130 cm³/mol. The van der Waals surface area contributed by atoms with E-state index in [0.717, 1.165) is 42.8 Å². The Morgan fingerprint density at radius 3 is 2.48 bits per heavy atom. The summed E-state index contributed by atoms with van der Waals surface area (Å²) >= 11 is 6.28. The van der Waals surface area contributed by atoms with Crippen LogP contribution in [0.1, 0.15) is 63.0 Å². The number of rotatable bonds is 6. The summed E-state index contributed by atoms with van der Waals surface area (Å²) in [5.41, 5.74) is 2.22. The van der Waals surface area contributed by atoms with Crippen LogP contribution in [-0.4, -0.2) is 47.5 Å². The average molecular weight is 473 g/mol. The minimum atomic E-state index is -0.220. The first-order chi connectivity index (χ1) is 15.9. The van der Waals surface area contributed by atoms with Crippen LogP contribution in [-0.2, 0) is 11.3 Å². The first-order valence-corrected chi connectivity index (χ1v) is 12.5. The molecule has 1 heterocycles. The van der Waals surface area contributed by atoms with Crippen LogP contribution in [0.25, 0.3) is 0 Å². The number of amides is 1. The largest absolute Gasteiger partial charge is 0.483 e. The molecule has 33 heavy (non-hydrogen) atoms. The molecule has 0 spiro atoms. The maximum atomic E-state index is 13.2. The molecule has 1 amide bonds.